The van der Waals surface area contributed by atoms with Gasteiger partial charge in [-0.1, -0.05) is 0 Å². The minimum atomic E-state index is -0.364. The first-order valence-electron chi connectivity index (χ1n) is 9.15. The van der Waals surface area contributed by atoms with Crippen molar-refractivity contribution in [1.82, 2.24) is 9.88 Å². The Bertz CT molecular complexity index is 817. The summed E-state index contributed by atoms with van der Waals surface area (Å²) in [4.78, 5) is 8.37. The van der Waals surface area contributed by atoms with E-state index in [0.717, 1.165) is 0 Å². The van der Waals surface area contributed by atoms with Crippen molar-refractivity contribution in [2.24, 2.45) is 0 Å². The lowest BCUT2D eigenvalue weighted by Gasteiger charge is -2.39. The second-order valence-electron chi connectivity index (χ2n) is 6.49. The summed E-state index contributed by atoms with van der Waals surface area (Å²) >= 11 is 0. The van der Waals surface area contributed by atoms with Gasteiger partial charge in [0, 0.05) is 38.4 Å². The third kappa shape index (κ3) is 4.57. The molecule has 2 N–H and O–H groups in total. The molecule has 1 aromatic carbocycles. The van der Waals surface area contributed by atoms with Crippen LogP contribution in [0.3, 0.4) is 0 Å². The maximum Gasteiger partial charge on any atom is 0.150 e. The number of hydrogen-bond donors (Lipinski definition) is 2. The lowest BCUT2D eigenvalue weighted by Crippen LogP contribution is -2.48. The van der Waals surface area contributed by atoms with Crippen LogP contribution in [0.1, 0.15) is 17.3 Å². The van der Waals surface area contributed by atoms with E-state index in [0.29, 0.717) is 48.9 Å². The van der Waals surface area contributed by atoms with E-state index >= 15 is 0 Å². The van der Waals surface area contributed by atoms with Crippen LogP contribution >= 0.6 is 0 Å². The molecule has 1 aromatic heterocycles. The van der Waals surface area contributed by atoms with Crippen molar-refractivity contribution in [3.8, 4) is 11.8 Å². The van der Waals surface area contributed by atoms with Crippen molar-refractivity contribution < 1.29 is 19.3 Å². The fourth-order valence-electron chi connectivity index (χ4n) is 3.34. The molecular formula is C20H23FN4O3. The van der Waals surface area contributed by atoms with E-state index in [9.17, 15) is 9.50 Å². The molecular weight excluding hydrogens is 363 g/mol. The zero-order valence-corrected chi connectivity index (χ0v) is 15.5. The molecule has 1 fully saturated rings. The zero-order valence-electron chi connectivity index (χ0n) is 15.5. The number of piperazine rings is 1. The predicted molar refractivity (Wildman–Crippen MR) is 102 cm³/mol. The third-order valence-corrected chi connectivity index (χ3v) is 4.80. The molecule has 0 spiro atoms. The normalized spacial score (nSPS) is 15.9. The van der Waals surface area contributed by atoms with Crippen LogP contribution in [0.25, 0.3) is 0 Å². The molecule has 7 nitrogen and oxygen atoms in total. The quantitative estimate of drug-likeness (QED) is 0.741. The Balaban J connectivity index is 1.63. The Morgan fingerprint density at radius 1 is 1.18 bits per heavy atom. The topological polar surface area (TPSA) is 92.9 Å². The number of hydrogen-bond acceptors (Lipinski definition) is 7. The SMILES string of the molecule is N#Cc1ccc(C(CO)N2CCN(c3ccc(OCCO)cc3F)CC2)nc1. The van der Waals surface area contributed by atoms with Crippen molar-refractivity contribution in [2.75, 3.05) is 50.9 Å². The van der Waals surface area contributed by atoms with Crippen molar-refractivity contribution in [3.05, 3.63) is 53.6 Å². The largest absolute Gasteiger partial charge is 0.491 e. The molecule has 1 atom stereocenters. The molecule has 2 heterocycles. The molecule has 28 heavy (non-hydrogen) atoms. The molecule has 1 saturated heterocycles. The minimum Gasteiger partial charge on any atom is -0.491 e. The van der Waals surface area contributed by atoms with Gasteiger partial charge in [0.05, 0.1) is 36.2 Å². The summed E-state index contributed by atoms with van der Waals surface area (Å²) in [7, 11) is 0. The molecule has 0 radical (unpaired) electrons. The van der Waals surface area contributed by atoms with E-state index < -0.39 is 0 Å². The number of halogens is 1. The summed E-state index contributed by atoms with van der Waals surface area (Å²) in [5.41, 5.74) is 1.70. The van der Waals surface area contributed by atoms with Gasteiger partial charge in [-0.05, 0) is 24.3 Å². The molecule has 1 aliphatic heterocycles. The van der Waals surface area contributed by atoms with Crippen LogP contribution in [0.2, 0.25) is 0 Å². The average Bonchev–Trinajstić information content (AvgIpc) is 2.74. The summed E-state index contributed by atoms with van der Waals surface area (Å²) in [6.07, 6.45) is 1.50. The van der Waals surface area contributed by atoms with Crippen LogP contribution in [-0.4, -0.2) is 66.1 Å². The Hall–Kier alpha value is -2.73. The monoisotopic (exact) mass is 386 g/mol. The van der Waals surface area contributed by atoms with Gasteiger partial charge >= 0.3 is 0 Å². The van der Waals surface area contributed by atoms with Gasteiger partial charge < -0.3 is 19.8 Å². The van der Waals surface area contributed by atoms with E-state index in [2.05, 4.69) is 9.88 Å². The number of nitriles is 1. The van der Waals surface area contributed by atoms with E-state index in [-0.39, 0.29) is 31.7 Å². The van der Waals surface area contributed by atoms with Crippen molar-refractivity contribution in [2.45, 2.75) is 6.04 Å². The standard InChI is InChI=1S/C20H23FN4O3/c21-17-11-16(28-10-9-26)2-4-19(17)24-5-7-25(8-6-24)20(14-27)18-3-1-15(12-22)13-23-18/h1-4,11,13,20,26-27H,5-10,14H2. The number of benzene rings is 1. The van der Waals surface area contributed by atoms with Crippen LogP contribution < -0.4 is 9.64 Å². The highest BCUT2D eigenvalue weighted by Crippen LogP contribution is 2.27. The molecule has 8 heteroatoms. The lowest BCUT2D eigenvalue weighted by atomic mass is 10.1. The zero-order chi connectivity index (χ0) is 19.9. The van der Waals surface area contributed by atoms with Crippen LogP contribution in [0.4, 0.5) is 10.1 Å². The van der Waals surface area contributed by atoms with Gasteiger partial charge in [-0.15, -0.1) is 0 Å². The third-order valence-electron chi connectivity index (χ3n) is 4.80. The number of rotatable bonds is 7. The molecule has 3 rings (SSSR count). The highest BCUT2D eigenvalue weighted by Gasteiger charge is 2.26. The number of ether oxygens (including phenoxy) is 1. The molecule has 0 bridgehead atoms. The first kappa shape index (κ1) is 20.0. The molecule has 0 saturated carbocycles. The van der Waals surface area contributed by atoms with Gasteiger partial charge in [0.2, 0.25) is 0 Å². The summed E-state index contributed by atoms with van der Waals surface area (Å²) in [6, 6.07) is 9.93. The highest BCUT2D eigenvalue weighted by molar-refractivity contribution is 5.51. The number of anilines is 1. The van der Waals surface area contributed by atoms with E-state index in [4.69, 9.17) is 15.1 Å². The lowest BCUT2D eigenvalue weighted by molar-refractivity contribution is 0.114. The molecule has 1 aliphatic rings. The average molecular weight is 386 g/mol. The maximum absolute atomic E-state index is 14.4. The van der Waals surface area contributed by atoms with Crippen LogP contribution in [0.5, 0.6) is 5.75 Å². The summed E-state index contributed by atoms with van der Waals surface area (Å²) in [5, 5.41) is 27.5. The first-order valence-corrected chi connectivity index (χ1v) is 9.15. The number of aromatic nitrogens is 1. The number of aliphatic hydroxyl groups excluding tert-OH is 2. The second-order valence-corrected chi connectivity index (χ2v) is 6.49. The van der Waals surface area contributed by atoms with E-state index in [1.165, 1.54) is 12.3 Å². The van der Waals surface area contributed by atoms with E-state index in [1.54, 1.807) is 24.3 Å². The number of aliphatic hydroxyl groups is 2. The second kappa shape index (κ2) is 9.46. The van der Waals surface area contributed by atoms with E-state index in [1.807, 2.05) is 11.0 Å². The number of pyridine rings is 1. The minimum absolute atomic E-state index is 0.0792. The molecule has 148 valence electrons. The Morgan fingerprint density at radius 2 is 1.96 bits per heavy atom. The van der Waals surface area contributed by atoms with Gasteiger partial charge in [-0.3, -0.25) is 9.88 Å². The summed E-state index contributed by atoms with van der Waals surface area (Å²) in [6.45, 7) is 2.45. The van der Waals surface area contributed by atoms with Gasteiger partial charge in [-0.2, -0.15) is 5.26 Å². The smallest absolute Gasteiger partial charge is 0.150 e. The van der Waals surface area contributed by atoms with Crippen LogP contribution in [0, 0.1) is 17.1 Å². The molecule has 1 unspecified atom stereocenters. The summed E-state index contributed by atoms with van der Waals surface area (Å²) in [5.74, 6) is 0.0255. The van der Waals surface area contributed by atoms with Crippen molar-refractivity contribution in [3.63, 3.8) is 0 Å². The van der Waals surface area contributed by atoms with Crippen LogP contribution in [-0.2, 0) is 0 Å². The Morgan fingerprint density at radius 3 is 2.54 bits per heavy atom. The van der Waals surface area contributed by atoms with Crippen LogP contribution in [0.15, 0.2) is 36.5 Å². The number of nitrogens with zero attached hydrogens (tertiary/aromatic N) is 4. The first-order chi connectivity index (χ1) is 13.7. The molecule has 0 amide bonds. The fourth-order valence-corrected chi connectivity index (χ4v) is 3.34. The highest BCUT2D eigenvalue weighted by atomic mass is 19.1. The Labute approximate surface area is 163 Å². The fraction of sp³-hybridized carbons (Fsp3) is 0.400. The Kier molecular flexibility index (Phi) is 6.76. The van der Waals surface area contributed by atoms with Gasteiger partial charge in [0.25, 0.3) is 0 Å². The van der Waals surface area contributed by atoms with Gasteiger partial charge in [-0.25, -0.2) is 4.39 Å². The summed E-state index contributed by atoms with van der Waals surface area (Å²) < 4.78 is 19.7. The predicted octanol–water partition coefficient (Wildman–Crippen LogP) is 1.32. The van der Waals surface area contributed by atoms with Crippen molar-refractivity contribution >= 4 is 5.69 Å². The van der Waals surface area contributed by atoms with Gasteiger partial charge in [0.15, 0.2) is 0 Å². The molecule has 0 aliphatic carbocycles. The van der Waals surface area contributed by atoms with Crippen molar-refractivity contribution in [1.29, 1.82) is 5.26 Å². The maximum atomic E-state index is 14.4. The molecule has 2 aromatic rings. The van der Waals surface area contributed by atoms with Gasteiger partial charge in [0.1, 0.15) is 24.2 Å².